The van der Waals surface area contributed by atoms with E-state index in [2.05, 4.69) is 32.9 Å². The number of aromatic hydroxyl groups is 1. The molecule has 0 atom stereocenters. The Bertz CT molecular complexity index is 550. The molecule has 0 spiro atoms. The first-order valence-electron chi connectivity index (χ1n) is 5.97. The summed E-state index contributed by atoms with van der Waals surface area (Å²) < 4.78 is 13.3. The largest absolute Gasteiger partial charge is 0.505 e. The topological polar surface area (TPSA) is 20.2 Å². The molecule has 0 aliphatic rings. The van der Waals surface area contributed by atoms with Crippen LogP contribution in [0, 0.1) is 5.82 Å². The third kappa shape index (κ3) is 2.53. The molecule has 0 radical (unpaired) electrons. The SMILES string of the molecule is CC(C)(C)c1ccc(-c2ccc(O)c(F)c2)cc1. The smallest absolute Gasteiger partial charge is 0.165 e. The Morgan fingerprint density at radius 3 is 1.94 bits per heavy atom. The molecule has 2 rings (SSSR count). The molecule has 0 unspecified atom stereocenters. The zero-order valence-electron chi connectivity index (χ0n) is 10.9. The van der Waals surface area contributed by atoms with E-state index >= 15 is 0 Å². The summed E-state index contributed by atoms with van der Waals surface area (Å²) in [5.41, 5.74) is 3.07. The number of hydrogen-bond donors (Lipinski definition) is 1. The van der Waals surface area contributed by atoms with Gasteiger partial charge in [0.05, 0.1) is 0 Å². The van der Waals surface area contributed by atoms with Crippen LogP contribution < -0.4 is 0 Å². The van der Waals surface area contributed by atoms with Crippen molar-refractivity contribution in [3.05, 3.63) is 53.8 Å². The molecule has 94 valence electrons. The minimum Gasteiger partial charge on any atom is -0.505 e. The van der Waals surface area contributed by atoms with Gasteiger partial charge in [-0.15, -0.1) is 0 Å². The highest BCUT2D eigenvalue weighted by molar-refractivity contribution is 5.64. The zero-order valence-corrected chi connectivity index (χ0v) is 10.9. The van der Waals surface area contributed by atoms with Gasteiger partial charge in [-0.2, -0.15) is 0 Å². The van der Waals surface area contributed by atoms with Crippen LogP contribution in [0.3, 0.4) is 0 Å². The number of hydrogen-bond acceptors (Lipinski definition) is 1. The lowest BCUT2D eigenvalue weighted by atomic mass is 9.86. The van der Waals surface area contributed by atoms with Gasteiger partial charge < -0.3 is 5.11 Å². The van der Waals surface area contributed by atoms with Crippen molar-refractivity contribution in [1.82, 2.24) is 0 Å². The van der Waals surface area contributed by atoms with E-state index in [0.717, 1.165) is 11.1 Å². The van der Waals surface area contributed by atoms with Gasteiger partial charge in [0, 0.05) is 0 Å². The molecule has 0 heterocycles. The van der Waals surface area contributed by atoms with Crippen molar-refractivity contribution < 1.29 is 9.50 Å². The predicted molar refractivity (Wildman–Crippen MR) is 72.2 cm³/mol. The zero-order chi connectivity index (χ0) is 13.3. The second kappa shape index (κ2) is 4.45. The summed E-state index contributed by atoms with van der Waals surface area (Å²) in [6.07, 6.45) is 0. The molecule has 0 fully saturated rings. The van der Waals surface area contributed by atoms with Crippen LogP contribution >= 0.6 is 0 Å². The predicted octanol–water partition coefficient (Wildman–Crippen LogP) is 4.50. The molecule has 18 heavy (non-hydrogen) atoms. The summed E-state index contributed by atoms with van der Waals surface area (Å²) in [5, 5.41) is 9.17. The van der Waals surface area contributed by atoms with E-state index in [1.165, 1.54) is 17.7 Å². The first kappa shape index (κ1) is 12.6. The van der Waals surface area contributed by atoms with Gasteiger partial charge in [-0.05, 0) is 34.2 Å². The van der Waals surface area contributed by atoms with E-state index in [4.69, 9.17) is 5.11 Å². The van der Waals surface area contributed by atoms with Crippen molar-refractivity contribution in [3.8, 4) is 16.9 Å². The standard InChI is InChI=1S/C16H17FO/c1-16(2,3)13-7-4-11(5-8-13)12-6-9-15(18)14(17)10-12/h4-10,18H,1-3H3. The Morgan fingerprint density at radius 2 is 1.44 bits per heavy atom. The van der Waals surface area contributed by atoms with E-state index in [0.29, 0.717) is 0 Å². The van der Waals surface area contributed by atoms with E-state index < -0.39 is 5.82 Å². The summed E-state index contributed by atoms with van der Waals surface area (Å²) in [5.74, 6) is -0.905. The van der Waals surface area contributed by atoms with E-state index in [1.54, 1.807) is 6.07 Å². The van der Waals surface area contributed by atoms with Gasteiger partial charge in [-0.25, -0.2) is 4.39 Å². The maximum atomic E-state index is 13.3. The third-order valence-corrected chi connectivity index (χ3v) is 3.03. The molecule has 1 nitrogen and oxygen atoms in total. The van der Waals surface area contributed by atoms with Gasteiger partial charge in [-0.3, -0.25) is 0 Å². The van der Waals surface area contributed by atoms with Crippen LogP contribution in [-0.2, 0) is 5.41 Å². The maximum absolute atomic E-state index is 13.3. The number of phenolic OH excluding ortho intramolecular Hbond substituents is 1. The molecule has 1 N–H and O–H groups in total. The molecular formula is C16H17FO. The lowest BCUT2D eigenvalue weighted by Gasteiger charge is -2.19. The lowest BCUT2D eigenvalue weighted by molar-refractivity contribution is 0.432. The average molecular weight is 244 g/mol. The summed E-state index contributed by atoms with van der Waals surface area (Å²) >= 11 is 0. The van der Waals surface area contributed by atoms with Crippen LogP contribution in [0.5, 0.6) is 5.75 Å². The van der Waals surface area contributed by atoms with Crippen molar-refractivity contribution in [2.24, 2.45) is 0 Å². The Kier molecular flexibility index (Phi) is 3.12. The molecule has 0 aliphatic heterocycles. The van der Waals surface area contributed by atoms with E-state index in [1.807, 2.05) is 12.1 Å². The second-order valence-electron chi connectivity index (χ2n) is 5.49. The average Bonchev–Trinajstić information content (AvgIpc) is 2.32. The fourth-order valence-electron chi connectivity index (χ4n) is 1.85. The number of halogens is 1. The van der Waals surface area contributed by atoms with Gasteiger partial charge in [0.2, 0.25) is 0 Å². The summed E-state index contributed by atoms with van der Waals surface area (Å²) in [4.78, 5) is 0. The normalized spacial score (nSPS) is 11.6. The highest BCUT2D eigenvalue weighted by Crippen LogP contribution is 2.28. The molecule has 2 heteroatoms. The summed E-state index contributed by atoms with van der Waals surface area (Å²) in [7, 11) is 0. The highest BCUT2D eigenvalue weighted by Gasteiger charge is 2.13. The fraction of sp³-hybridized carbons (Fsp3) is 0.250. The van der Waals surface area contributed by atoms with E-state index in [-0.39, 0.29) is 11.2 Å². The van der Waals surface area contributed by atoms with Gasteiger partial charge in [-0.1, -0.05) is 51.1 Å². The lowest BCUT2D eigenvalue weighted by Crippen LogP contribution is -2.10. The van der Waals surface area contributed by atoms with Crippen LogP contribution in [0.1, 0.15) is 26.3 Å². The molecule has 2 aromatic carbocycles. The first-order valence-corrected chi connectivity index (χ1v) is 5.97. The third-order valence-electron chi connectivity index (χ3n) is 3.03. The van der Waals surface area contributed by atoms with Crippen molar-refractivity contribution in [2.45, 2.75) is 26.2 Å². The second-order valence-corrected chi connectivity index (χ2v) is 5.49. The molecule has 0 aliphatic carbocycles. The Morgan fingerprint density at radius 1 is 0.889 bits per heavy atom. The minimum atomic E-state index is -0.590. The first-order chi connectivity index (χ1) is 8.38. The maximum Gasteiger partial charge on any atom is 0.165 e. The van der Waals surface area contributed by atoms with Crippen molar-refractivity contribution in [3.63, 3.8) is 0 Å². The highest BCUT2D eigenvalue weighted by atomic mass is 19.1. The number of rotatable bonds is 1. The summed E-state index contributed by atoms with van der Waals surface area (Å²) in [6.45, 7) is 6.46. The number of benzene rings is 2. The van der Waals surface area contributed by atoms with Crippen LogP contribution in [0.25, 0.3) is 11.1 Å². The van der Waals surface area contributed by atoms with Gasteiger partial charge in [0.25, 0.3) is 0 Å². The monoisotopic (exact) mass is 244 g/mol. The Hall–Kier alpha value is -1.83. The van der Waals surface area contributed by atoms with Crippen molar-refractivity contribution in [2.75, 3.05) is 0 Å². The molecule has 0 saturated heterocycles. The van der Waals surface area contributed by atoms with Gasteiger partial charge in [0.1, 0.15) is 0 Å². The number of phenols is 1. The van der Waals surface area contributed by atoms with Crippen LogP contribution in [0.4, 0.5) is 4.39 Å². The van der Waals surface area contributed by atoms with Gasteiger partial charge >= 0.3 is 0 Å². The molecule has 0 aromatic heterocycles. The van der Waals surface area contributed by atoms with Crippen molar-refractivity contribution >= 4 is 0 Å². The quantitative estimate of drug-likeness (QED) is 0.783. The fourth-order valence-corrected chi connectivity index (χ4v) is 1.85. The Labute approximate surface area is 107 Å². The van der Waals surface area contributed by atoms with Gasteiger partial charge in [0.15, 0.2) is 11.6 Å². The molecular weight excluding hydrogens is 227 g/mol. The van der Waals surface area contributed by atoms with Crippen molar-refractivity contribution in [1.29, 1.82) is 0 Å². The minimum absolute atomic E-state index is 0.110. The van der Waals surface area contributed by atoms with Crippen LogP contribution in [0.15, 0.2) is 42.5 Å². The molecule has 2 aromatic rings. The van der Waals surface area contributed by atoms with Crippen LogP contribution in [0.2, 0.25) is 0 Å². The summed E-state index contributed by atoms with van der Waals surface area (Å²) in [6, 6.07) is 12.5. The molecule has 0 bridgehead atoms. The van der Waals surface area contributed by atoms with E-state index in [9.17, 15) is 4.39 Å². The van der Waals surface area contributed by atoms with Crippen LogP contribution in [-0.4, -0.2) is 5.11 Å². The molecule has 0 amide bonds. The Balaban J connectivity index is 2.37. The molecule has 0 saturated carbocycles.